The number of hydrogen-bond acceptors (Lipinski definition) is 6. The van der Waals surface area contributed by atoms with Crippen molar-refractivity contribution in [1.82, 2.24) is 14.5 Å². The van der Waals surface area contributed by atoms with Crippen LogP contribution in [0.15, 0.2) is 53.4 Å². The number of rotatable bonds is 9. The molecular formula is C25H32ClN3O4S. The average Bonchev–Trinajstić information content (AvgIpc) is 2.88. The van der Waals surface area contributed by atoms with Gasteiger partial charge >= 0.3 is 0 Å². The Kier molecular flexibility index (Phi) is 8.74. The Balaban J connectivity index is 1.38. The molecule has 9 heteroatoms. The van der Waals surface area contributed by atoms with E-state index in [0.717, 1.165) is 23.7 Å². The van der Waals surface area contributed by atoms with E-state index >= 15 is 0 Å². The van der Waals surface area contributed by atoms with Crippen LogP contribution in [0.1, 0.15) is 41.2 Å². The van der Waals surface area contributed by atoms with Crippen molar-refractivity contribution in [3.63, 3.8) is 0 Å². The maximum Gasteiger partial charge on any atom is 0.243 e. The van der Waals surface area contributed by atoms with E-state index in [2.05, 4.69) is 16.3 Å². The molecule has 1 unspecified atom stereocenters. The minimum Gasteiger partial charge on any atom is -0.379 e. The van der Waals surface area contributed by atoms with Crippen LogP contribution in [0.4, 0.5) is 0 Å². The molecule has 2 aromatic rings. The van der Waals surface area contributed by atoms with Crippen molar-refractivity contribution >= 4 is 27.4 Å². The Bertz CT molecular complexity index is 1070. The van der Waals surface area contributed by atoms with Gasteiger partial charge < -0.3 is 10.1 Å². The molecule has 2 heterocycles. The van der Waals surface area contributed by atoms with Gasteiger partial charge in [0, 0.05) is 36.3 Å². The smallest absolute Gasteiger partial charge is 0.243 e. The minimum absolute atomic E-state index is 0.0770. The van der Waals surface area contributed by atoms with Gasteiger partial charge in [-0.1, -0.05) is 48.4 Å². The summed E-state index contributed by atoms with van der Waals surface area (Å²) < 4.78 is 32.2. The summed E-state index contributed by atoms with van der Waals surface area (Å²) in [6.45, 7) is 4.30. The van der Waals surface area contributed by atoms with E-state index in [-0.39, 0.29) is 23.3 Å². The lowest BCUT2D eigenvalue weighted by Crippen LogP contribution is -2.40. The van der Waals surface area contributed by atoms with Gasteiger partial charge in [0.1, 0.15) is 0 Å². The molecule has 2 aliphatic rings. The number of piperidine rings is 1. The summed E-state index contributed by atoms with van der Waals surface area (Å²) in [5, 5.41) is 4.05. The number of nitrogens with one attached hydrogen (secondary N) is 1. The van der Waals surface area contributed by atoms with Gasteiger partial charge in [0.2, 0.25) is 10.0 Å². The zero-order chi connectivity index (χ0) is 24.0. The number of nitrogens with zero attached hydrogens (tertiary/aromatic N) is 2. The Labute approximate surface area is 207 Å². The topological polar surface area (TPSA) is 79.0 Å². The predicted molar refractivity (Wildman–Crippen MR) is 133 cm³/mol. The number of likely N-dealkylation sites (tertiary alicyclic amines) is 1. The molecule has 0 bridgehead atoms. The number of Topliss-reactive ketones (excluding diaryl/α,β-unsaturated/α-hetero) is 1. The zero-order valence-electron chi connectivity index (χ0n) is 19.3. The average molecular weight is 506 g/mol. The number of carbonyl (C=O) groups is 1. The van der Waals surface area contributed by atoms with Gasteiger partial charge in [0.15, 0.2) is 5.78 Å². The van der Waals surface area contributed by atoms with E-state index in [4.69, 9.17) is 16.3 Å². The van der Waals surface area contributed by atoms with Crippen molar-refractivity contribution in [2.75, 3.05) is 52.5 Å². The minimum atomic E-state index is -3.57. The molecule has 0 spiro atoms. The zero-order valence-corrected chi connectivity index (χ0v) is 20.9. The highest BCUT2D eigenvalue weighted by Gasteiger charge is 2.27. The van der Waals surface area contributed by atoms with Gasteiger partial charge in [-0.25, -0.2) is 8.42 Å². The van der Waals surface area contributed by atoms with Crippen LogP contribution < -0.4 is 5.32 Å². The lowest BCUT2D eigenvalue weighted by molar-refractivity contribution is 0.0730. The van der Waals surface area contributed by atoms with Crippen LogP contribution in [0.5, 0.6) is 0 Å². The number of ketones is 1. The van der Waals surface area contributed by atoms with Gasteiger partial charge in [0.05, 0.1) is 24.7 Å². The van der Waals surface area contributed by atoms with Crippen molar-refractivity contribution in [3.8, 4) is 0 Å². The highest BCUT2D eigenvalue weighted by Crippen LogP contribution is 2.29. The number of halogens is 1. The van der Waals surface area contributed by atoms with E-state index < -0.39 is 10.0 Å². The van der Waals surface area contributed by atoms with Gasteiger partial charge in [-0.2, -0.15) is 4.31 Å². The molecular weight excluding hydrogens is 474 g/mol. The summed E-state index contributed by atoms with van der Waals surface area (Å²) in [4.78, 5) is 15.4. The molecule has 0 saturated carbocycles. The maximum absolute atomic E-state index is 12.8. The van der Waals surface area contributed by atoms with E-state index in [9.17, 15) is 13.2 Å². The third-order valence-electron chi connectivity index (χ3n) is 6.50. The standard InChI is InChI=1S/C25H32ClN3O4S/c26-23-7-3-2-6-22(23)24(28-12-4-1-5-13-28)18-27-19-25(30)20-8-10-21(11-9-20)34(31,32)29-14-16-33-17-15-29/h2-3,6-11,24,27H,1,4-5,12-19H2. The van der Waals surface area contributed by atoms with Gasteiger partial charge in [-0.05, 0) is 49.7 Å². The van der Waals surface area contributed by atoms with Crippen LogP contribution in [0.25, 0.3) is 0 Å². The van der Waals surface area contributed by atoms with Crippen molar-refractivity contribution < 1.29 is 17.9 Å². The Morgan fingerprint density at radius 2 is 1.65 bits per heavy atom. The summed E-state index contributed by atoms with van der Waals surface area (Å²) in [7, 11) is -3.57. The summed E-state index contributed by atoms with van der Waals surface area (Å²) in [6.07, 6.45) is 3.58. The lowest BCUT2D eigenvalue weighted by atomic mass is 10.0. The fourth-order valence-electron chi connectivity index (χ4n) is 4.58. The first kappa shape index (κ1) is 25.3. The molecule has 2 saturated heterocycles. The molecule has 2 aromatic carbocycles. The van der Waals surface area contributed by atoms with Crippen LogP contribution in [0.3, 0.4) is 0 Å². The first-order chi connectivity index (χ1) is 16.5. The Hall–Kier alpha value is -1.81. The number of benzene rings is 2. The molecule has 0 amide bonds. The molecule has 1 N–H and O–H groups in total. The van der Waals surface area contributed by atoms with Crippen LogP contribution in [0.2, 0.25) is 5.02 Å². The highest BCUT2D eigenvalue weighted by atomic mass is 35.5. The highest BCUT2D eigenvalue weighted by molar-refractivity contribution is 7.89. The van der Waals surface area contributed by atoms with E-state index in [1.54, 1.807) is 12.1 Å². The second kappa shape index (κ2) is 11.7. The molecule has 4 rings (SSSR count). The van der Waals surface area contributed by atoms with Crippen molar-refractivity contribution in [2.24, 2.45) is 0 Å². The number of sulfonamides is 1. The molecule has 34 heavy (non-hydrogen) atoms. The number of carbonyl (C=O) groups excluding carboxylic acids is 1. The molecule has 2 fully saturated rings. The number of morpholine rings is 1. The predicted octanol–water partition coefficient (Wildman–Crippen LogP) is 3.36. The molecule has 0 aliphatic carbocycles. The number of hydrogen-bond donors (Lipinski definition) is 1. The van der Waals surface area contributed by atoms with E-state index in [0.29, 0.717) is 38.4 Å². The third kappa shape index (κ3) is 6.05. The maximum atomic E-state index is 12.8. The first-order valence-electron chi connectivity index (χ1n) is 11.9. The second-order valence-electron chi connectivity index (χ2n) is 8.73. The Morgan fingerprint density at radius 1 is 0.971 bits per heavy atom. The largest absolute Gasteiger partial charge is 0.379 e. The monoisotopic (exact) mass is 505 g/mol. The summed E-state index contributed by atoms with van der Waals surface area (Å²) in [5.41, 5.74) is 1.56. The summed E-state index contributed by atoms with van der Waals surface area (Å²) in [5.74, 6) is -0.0770. The fourth-order valence-corrected chi connectivity index (χ4v) is 6.25. The van der Waals surface area contributed by atoms with Crippen molar-refractivity contribution in [2.45, 2.75) is 30.2 Å². The normalized spacial score (nSPS) is 19.1. The van der Waals surface area contributed by atoms with Crippen LogP contribution in [0, 0.1) is 0 Å². The summed E-state index contributed by atoms with van der Waals surface area (Å²) >= 11 is 6.50. The van der Waals surface area contributed by atoms with Gasteiger partial charge in [-0.3, -0.25) is 9.69 Å². The van der Waals surface area contributed by atoms with Gasteiger partial charge in [0.25, 0.3) is 0 Å². The fraction of sp³-hybridized carbons (Fsp3) is 0.480. The molecule has 0 aromatic heterocycles. The van der Waals surface area contributed by atoms with Crippen molar-refractivity contribution in [1.29, 1.82) is 0 Å². The van der Waals surface area contributed by atoms with E-state index in [1.807, 2.05) is 18.2 Å². The number of ether oxygens (including phenoxy) is 1. The molecule has 7 nitrogen and oxygen atoms in total. The third-order valence-corrected chi connectivity index (χ3v) is 8.76. The SMILES string of the molecule is O=C(CNCC(c1ccccc1Cl)N1CCCCC1)c1ccc(S(=O)(=O)N2CCOCC2)cc1. The van der Waals surface area contributed by atoms with E-state index in [1.165, 1.54) is 35.7 Å². The van der Waals surface area contributed by atoms with Crippen LogP contribution in [-0.2, 0) is 14.8 Å². The first-order valence-corrected chi connectivity index (χ1v) is 13.7. The van der Waals surface area contributed by atoms with Gasteiger partial charge in [-0.15, -0.1) is 0 Å². The Morgan fingerprint density at radius 3 is 2.32 bits per heavy atom. The van der Waals surface area contributed by atoms with Crippen molar-refractivity contribution in [3.05, 3.63) is 64.7 Å². The van der Waals surface area contributed by atoms with Crippen LogP contribution in [-0.4, -0.2) is 75.9 Å². The molecule has 1 atom stereocenters. The molecule has 184 valence electrons. The second-order valence-corrected chi connectivity index (χ2v) is 11.1. The summed E-state index contributed by atoms with van der Waals surface area (Å²) in [6, 6.07) is 14.2. The molecule has 0 radical (unpaired) electrons. The van der Waals surface area contributed by atoms with Crippen LogP contribution >= 0.6 is 11.6 Å². The lowest BCUT2D eigenvalue weighted by Gasteiger charge is -2.35. The molecule has 2 aliphatic heterocycles. The quantitative estimate of drug-likeness (QED) is 0.526.